The third kappa shape index (κ3) is 2.95. The summed E-state index contributed by atoms with van der Waals surface area (Å²) in [6, 6.07) is 2.72. The van der Waals surface area contributed by atoms with Crippen molar-refractivity contribution in [3.8, 4) is 0 Å². The molecule has 0 aliphatic heterocycles. The van der Waals surface area contributed by atoms with Gasteiger partial charge in [0.1, 0.15) is 0 Å². The molecular formula is C15H24N4. The van der Waals surface area contributed by atoms with Crippen LogP contribution in [0.15, 0.2) is 12.3 Å². The van der Waals surface area contributed by atoms with Gasteiger partial charge in [-0.15, -0.1) is 0 Å². The van der Waals surface area contributed by atoms with Gasteiger partial charge in [-0.05, 0) is 31.4 Å². The lowest BCUT2D eigenvalue weighted by Gasteiger charge is -2.19. The number of nitrogens with zero attached hydrogens (tertiary/aromatic N) is 3. The fourth-order valence-electron chi connectivity index (χ4n) is 2.28. The lowest BCUT2D eigenvalue weighted by Crippen LogP contribution is -2.31. The van der Waals surface area contributed by atoms with Crippen LogP contribution in [0.3, 0.4) is 0 Å². The summed E-state index contributed by atoms with van der Waals surface area (Å²) in [7, 11) is 1.94. The average molecular weight is 260 g/mol. The first-order chi connectivity index (χ1) is 9.02. The Bertz CT molecular complexity index is 559. The molecule has 2 rings (SSSR count). The van der Waals surface area contributed by atoms with E-state index >= 15 is 0 Å². The van der Waals surface area contributed by atoms with E-state index in [2.05, 4.69) is 42.2 Å². The number of rotatable bonds is 5. The molecule has 104 valence electrons. The Kier molecular flexibility index (Phi) is 4.20. The second-order valence-corrected chi connectivity index (χ2v) is 5.48. The molecule has 2 heterocycles. The zero-order valence-electron chi connectivity index (χ0n) is 12.6. The van der Waals surface area contributed by atoms with Crippen molar-refractivity contribution in [2.75, 3.05) is 0 Å². The Morgan fingerprint density at radius 2 is 2.11 bits per heavy atom. The zero-order valence-corrected chi connectivity index (χ0v) is 12.6. The molecular weight excluding hydrogens is 236 g/mol. The maximum absolute atomic E-state index is 4.50. The third-order valence-corrected chi connectivity index (χ3v) is 4.05. The highest BCUT2D eigenvalue weighted by Gasteiger charge is 2.10. The lowest BCUT2D eigenvalue weighted by molar-refractivity contribution is 0.389. The van der Waals surface area contributed by atoms with Gasteiger partial charge >= 0.3 is 0 Å². The standard InChI is InChI=1S/C15H24N4/c1-6-10(2)11(3)16-8-13-7-14-12(4)18-19(5)15(14)17-9-13/h7,9-11,16H,6,8H2,1-5H3. The van der Waals surface area contributed by atoms with E-state index < -0.39 is 0 Å². The van der Waals surface area contributed by atoms with Crippen LogP contribution >= 0.6 is 0 Å². The molecule has 0 saturated carbocycles. The molecule has 2 aromatic heterocycles. The van der Waals surface area contributed by atoms with E-state index in [1.54, 1.807) is 0 Å². The minimum Gasteiger partial charge on any atom is -0.310 e. The highest BCUT2D eigenvalue weighted by molar-refractivity contribution is 5.78. The number of nitrogens with one attached hydrogen (secondary N) is 1. The van der Waals surface area contributed by atoms with Crippen molar-refractivity contribution in [2.45, 2.75) is 46.7 Å². The largest absolute Gasteiger partial charge is 0.310 e. The predicted octanol–water partition coefficient (Wildman–Crippen LogP) is 2.80. The van der Waals surface area contributed by atoms with Crippen LogP contribution in [0.25, 0.3) is 11.0 Å². The summed E-state index contributed by atoms with van der Waals surface area (Å²) in [5, 5.41) is 9.13. The van der Waals surface area contributed by atoms with Gasteiger partial charge in [0, 0.05) is 31.2 Å². The topological polar surface area (TPSA) is 42.7 Å². The van der Waals surface area contributed by atoms with Crippen LogP contribution in [-0.2, 0) is 13.6 Å². The highest BCUT2D eigenvalue weighted by atomic mass is 15.3. The quantitative estimate of drug-likeness (QED) is 0.899. The summed E-state index contributed by atoms with van der Waals surface area (Å²) in [6.45, 7) is 9.65. The number of hydrogen-bond donors (Lipinski definition) is 1. The van der Waals surface area contributed by atoms with Crippen molar-refractivity contribution in [3.63, 3.8) is 0 Å². The minimum atomic E-state index is 0.524. The number of hydrogen-bond acceptors (Lipinski definition) is 3. The SMILES string of the molecule is CCC(C)C(C)NCc1cnc2c(c1)c(C)nn2C. The van der Waals surface area contributed by atoms with E-state index in [9.17, 15) is 0 Å². The Morgan fingerprint density at radius 1 is 1.37 bits per heavy atom. The number of fused-ring (bicyclic) bond motifs is 1. The van der Waals surface area contributed by atoms with E-state index in [0.29, 0.717) is 12.0 Å². The second-order valence-electron chi connectivity index (χ2n) is 5.48. The molecule has 0 aliphatic rings. The molecule has 0 saturated heterocycles. The van der Waals surface area contributed by atoms with Crippen LogP contribution < -0.4 is 5.32 Å². The number of pyridine rings is 1. The second kappa shape index (κ2) is 5.70. The molecule has 0 amide bonds. The van der Waals surface area contributed by atoms with Crippen molar-refractivity contribution >= 4 is 11.0 Å². The van der Waals surface area contributed by atoms with Gasteiger partial charge in [0.25, 0.3) is 0 Å². The fraction of sp³-hybridized carbons (Fsp3) is 0.600. The van der Waals surface area contributed by atoms with Crippen molar-refractivity contribution in [3.05, 3.63) is 23.5 Å². The Balaban J connectivity index is 2.11. The van der Waals surface area contributed by atoms with Gasteiger partial charge < -0.3 is 5.32 Å². The van der Waals surface area contributed by atoms with E-state index in [-0.39, 0.29) is 0 Å². The van der Waals surface area contributed by atoms with Crippen LogP contribution in [0.2, 0.25) is 0 Å². The maximum atomic E-state index is 4.50. The van der Waals surface area contributed by atoms with E-state index in [0.717, 1.165) is 23.3 Å². The van der Waals surface area contributed by atoms with Gasteiger partial charge in [-0.25, -0.2) is 4.98 Å². The molecule has 2 aromatic rings. The van der Waals surface area contributed by atoms with Crippen molar-refractivity contribution in [2.24, 2.45) is 13.0 Å². The number of aryl methyl sites for hydroxylation is 2. The van der Waals surface area contributed by atoms with E-state index in [4.69, 9.17) is 0 Å². The molecule has 4 heteroatoms. The zero-order chi connectivity index (χ0) is 14.0. The highest BCUT2D eigenvalue weighted by Crippen LogP contribution is 2.16. The Morgan fingerprint density at radius 3 is 2.79 bits per heavy atom. The normalized spacial score (nSPS) is 14.8. The monoisotopic (exact) mass is 260 g/mol. The van der Waals surface area contributed by atoms with Gasteiger partial charge in [0.15, 0.2) is 5.65 Å². The Hall–Kier alpha value is -1.42. The fourth-order valence-corrected chi connectivity index (χ4v) is 2.28. The van der Waals surface area contributed by atoms with Crippen LogP contribution in [0, 0.1) is 12.8 Å². The van der Waals surface area contributed by atoms with Crippen molar-refractivity contribution in [1.82, 2.24) is 20.1 Å². The van der Waals surface area contributed by atoms with E-state index in [1.807, 2.05) is 24.9 Å². The van der Waals surface area contributed by atoms with Gasteiger partial charge in [-0.1, -0.05) is 20.3 Å². The smallest absolute Gasteiger partial charge is 0.157 e. The van der Waals surface area contributed by atoms with Gasteiger partial charge in [0.05, 0.1) is 5.69 Å². The Labute approximate surface area is 115 Å². The summed E-state index contributed by atoms with van der Waals surface area (Å²) in [4.78, 5) is 4.50. The molecule has 4 nitrogen and oxygen atoms in total. The first kappa shape index (κ1) is 14.0. The van der Waals surface area contributed by atoms with Crippen LogP contribution in [0.5, 0.6) is 0 Å². The van der Waals surface area contributed by atoms with Crippen LogP contribution in [-0.4, -0.2) is 20.8 Å². The predicted molar refractivity (Wildman–Crippen MR) is 79.0 cm³/mol. The summed E-state index contributed by atoms with van der Waals surface area (Å²) in [5.41, 5.74) is 3.22. The van der Waals surface area contributed by atoms with Gasteiger partial charge in [-0.2, -0.15) is 5.10 Å². The molecule has 0 fully saturated rings. The molecule has 2 atom stereocenters. The van der Waals surface area contributed by atoms with Crippen LogP contribution in [0.4, 0.5) is 0 Å². The molecule has 19 heavy (non-hydrogen) atoms. The summed E-state index contributed by atoms with van der Waals surface area (Å²) in [5.74, 6) is 0.691. The first-order valence-electron chi connectivity index (χ1n) is 7.04. The first-order valence-corrected chi connectivity index (χ1v) is 7.04. The molecule has 0 aliphatic carbocycles. The van der Waals surface area contributed by atoms with Crippen LogP contribution in [0.1, 0.15) is 38.4 Å². The van der Waals surface area contributed by atoms with Crippen molar-refractivity contribution < 1.29 is 0 Å². The van der Waals surface area contributed by atoms with Gasteiger partial charge in [-0.3, -0.25) is 4.68 Å². The molecule has 0 aromatic carbocycles. The molecule has 0 radical (unpaired) electrons. The van der Waals surface area contributed by atoms with Crippen molar-refractivity contribution in [1.29, 1.82) is 0 Å². The summed E-state index contributed by atoms with van der Waals surface area (Å²) >= 11 is 0. The molecule has 0 bridgehead atoms. The lowest BCUT2D eigenvalue weighted by atomic mass is 10.0. The van der Waals surface area contributed by atoms with E-state index in [1.165, 1.54) is 12.0 Å². The molecule has 2 unspecified atom stereocenters. The number of aromatic nitrogens is 3. The minimum absolute atomic E-state index is 0.524. The summed E-state index contributed by atoms with van der Waals surface area (Å²) in [6.07, 6.45) is 3.15. The van der Waals surface area contributed by atoms with Gasteiger partial charge in [0.2, 0.25) is 0 Å². The summed E-state index contributed by atoms with van der Waals surface area (Å²) < 4.78 is 1.84. The third-order valence-electron chi connectivity index (χ3n) is 4.05. The maximum Gasteiger partial charge on any atom is 0.157 e. The molecule has 1 N–H and O–H groups in total. The molecule has 0 spiro atoms. The average Bonchev–Trinajstić information content (AvgIpc) is 2.70.